The molecule has 29 heavy (non-hydrogen) atoms. The van der Waals surface area contributed by atoms with Crippen LogP contribution in [0.1, 0.15) is 23.1 Å². The minimum absolute atomic E-state index is 0.0741. The van der Waals surface area contributed by atoms with Crippen LogP contribution < -0.4 is 9.64 Å². The Morgan fingerprint density at radius 1 is 1.14 bits per heavy atom. The fourth-order valence-electron chi connectivity index (χ4n) is 3.34. The van der Waals surface area contributed by atoms with Crippen LogP contribution in [0.25, 0.3) is 10.2 Å². The van der Waals surface area contributed by atoms with Crippen molar-refractivity contribution in [1.82, 2.24) is 9.88 Å². The highest BCUT2D eigenvalue weighted by Gasteiger charge is 2.21. The van der Waals surface area contributed by atoms with Crippen molar-refractivity contribution in [3.63, 3.8) is 0 Å². The number of anilines is 1. The molecule has 0 atom stereocenters. The SMILES string of the molecule is COc1ccc(C)c2sc(N(CCCN(C)C)C(=O)Cc3cccc(C)c3)nc12. The summed E-state index contributed by atoms with van der Waals surface area (Å²) in [6, 6.07) is 12.1. The zero-order valence-corrected chi connectivity index (χ0v) is 18.7. The lowest BCUT2D eigenvalue weighted by Crippen LogP contribution is -2.34. The summed E-state index contributed by atoms with van der Waals surface area (Å²) in [7, 11) is 5.75. The van der Waals surface area contributed by atoms with Crippen molar-refractivity contribution in [3.05, 3.63) is 53.1 Å². The number of carbonyl (C=O) groups is 1. The zero-order valence-electron chi connectivity index (χ0n) is 17.9. The first-order chi connectivity index (χ1) is 13.9. The number of methoxy groups -OCH3 is 1. The van der Waals surface area contributed by atoms with E-state index in [1.165, 1.54) is 0 Å². The Balaban J connectivity index is 1.93. The Labute approximate surface area is 176 Å². The van der Waals surface area contributed by atoms with Gasteiger partial charge in [0.1, 0.15) is 11.3 Å². The third-order valence-corrected chi connectivity index (χ3v) is 6.08. The highest BCUT2D eigenvalue weighted by Crippen LogP contribution is 2.36. The van der Waals surface area contributed by atoms with Crippen molar-refractivity contribution in [3.8, 4) is 5.75 Å². The molecule has 0 aliphatic carbocycles. The van der Waals surface area contributed by atoms with E-state index in [0.717, 1.165) is 50.8 Å². The molecule has 0 saturated carbocycles. The summed E-state index contributed by atoms with van der Waals surface area (Å²) < 4.78 is 6.56. The van der Waals surface area contributed by atoms with Crippen molar-refractivity contribution >= 4 is 32.6 Å². The van der Waals surface area contributed by atoms with Crippen LogP contribution in [0.3, 0.4) is 0 Å². The molecule has 0 saturated heterocycles. The number of carbonyl (C=O) groups excluding carboxylic acids is 1. The average molecular weight is 412 g/mol. The maximum atomic E-state index is 13.3. The summed E-state index contributed by atoms with van der Waals surface area (Å²) in [4.78, 5) is 22.0. The number of hydrogen-bond acceptors (Lipinski definition) is 5. The molecule has 3 rings (SSSR count). The van der Waals surface area contributed by atoms with E-state index in [-0.39, 0.29) is 5.91 Å². The molecule has 0 N–H and O–H groups in total. The second-order valence-corrected chi connectivity index (χ2v) is 8.60. The Morgan fingerprint density at radius 3 is 2.62 bits per heavy atom. The van der Waals surface area contributed by atoms with E-state index in [1.807, 2.05) is 56.3 Å². The molecule has 0 unspecified atom stereocenters. The molecule has 1 heterocycles. The van der Waals surface area contributed by atoms with E-state index >= 15 is 0 Å². The average Bonchev–Trinajstić information content (AvgIpc) is 3.11. The maximum Gasteiger partial charge on any atom is 0.233 e. The van der Waals surface area contributed by atoms with Crippen molar-refractivity contribution in [2.75, 3.05) is 39.2 Å². The quantitative estimate of drug-likeness (QED) is 0.549. The molecule has 0 radical (unpaired) electrons. The molecule has 0 aliphatic rings. The Bertz CT molecular complexity index is 997. The van der Waals surface area contributed by atoms with Gasteiger partial charge in [-0.15, -0.1) is 0 Å². The van der Waals surface area contributed by atoms with Crippen LogP contribution >= 0.6 is 11.3 Å². The topological polar surface area (TPSA) is 45.7 Å². The predicted molar refractivity (Wildman–Crippen MR) is 121 cm³/mol. The van der Waals surface area contributed by atoms with Gasteiger partial charge in [-0.3, -0.25) is 9.69 Å². The maximum absolute atomic E-state index is 13.3. The molecule has 0 spiro atoms. The van der Waals surface area contributed by atoms with Crippen LogP contribution in [0.15, 0.2) is 36.4 Å². The highest BCUT2D eigenvalue weighted by molar-refractivity contribution is 7.22. The van der Waals surface area contributed by atoms with Crippen LogP contribution in [0.2, 0.25) is 0 Å². The first-order valence-electron chi connectivity index (χ1n) is 9.84. The van der Waals surface area contributed by atoms with Gasteiger partial charge in [-0.2, -0.15) is 0 Å². The third-order valence-electron chi connectivity index (χ3n) is 4.87. The van der Waals surface area contributed by atoms with Gasteiger partial charge in [0, 0.05) is 6.54 Å². The number of fused-ring (bicyclic) bond motifs is 1. The third kappa shape index (κ3) is 5.14. The van der Waals surface area contributed by atoms with Crippen molar-refractivity contribution in [2.45, 2.75) is 26.7 Å². The molecule has 1 amide bonds. The van der Waals surface area contributed by atoms with Gasteiger partial charge in [-0.1, -0.05) is 47.2 Å². The van der Waals surface area contributed by atoms with Crippen LogP contribution in [-0.2, 0) is 11.2 Å². The Kier molecular flexibility index (Phi) is 6.87. The second-order valence-electron chi connectivity index (χ2n) is 7.63. The molecule has 6 heteroatoms. The van der Waals surface area contributed by atoms with E-state index in [1.54, 1.807) is 18.4 Å². The molecule has 0 bridgehead atoms. The normalized spacial score (nSPS) is 11.2. The van der Waals surface area contributed by atoms with E-state index in [9.17, 15) is 4.79 Å². The second kappa shape index (κ2) is 9.37. The number of amides is 1. The fourth-order valence-corrected chi connectivity index (χ4v) is 4.44. The van der Waals surface area contributed by atoms with Crippen molar-refractivity contribution < 1.29 is 9.53 Å². The fraction of sp³-hybridized carbons (Fsp3) is 0.391. The molecule has 0 fully saturated rings. The summed E-state index contributed by atoms with van der Waals surface area (Å²) in [6.45, 7) is 5.67. The number of rotatable bonds is 8. The van der Waals surface area contributed by atoms with Crippen molar-refractivity contribution in [2.24, 2.45) is 0 Å². The number of thiazole rings is 1. The van der Waals surface area contributed by atoms with Gasteiger partial charge < -0.3 is 9.64 Å². The number of aryl methyl sites for hydroxylation is 2. The minimum Gasteiger partial charge on any atom is -0.494 e. The van der Waals surface area contributed by atoms with Gasteiger partial charge in [0.05, 0.1) is 18.2 Å². The van der Waals surface area contributed by atoms with Crippen molar-refractivity contribution in [1.29, 1.82) is 0 Å². The summed E-state index contributed by atoms with van der Waals surface area (Å²) in [5.74, 6) is 0.817. The van der Waals surface area contributed by atoms with Gasteiger partial charge in [0.2, 0.25) is 5.91 Å². The number of nitrogens with zero attached hydrogens (tertiary/aromatic N) is 3. The summed E-state index contributed by atoms with van der Waals surface area (Å²) in [5, 5.41) is 0.740. The molecule has 2 aromatic carbocycles. The lowest BCUT2D eigenvalue weighted by Gasteiger charge is -2.21. The van der Waals surface area contributed by atoms with Gasteiger partial charge in [-0.05, 0) is 58.1 Å². The lowest BCUT2D eigenvalue weighted by molar-refractivity contribution is -0.118. The number of hydrogen-bond donors (Lipinski definition) is 0. The minimum atomic E-state index is 0.0741. The molecule has 154 valence electrons. The van der Waals surface area contributed by atoms with Gasteiger partial charge in [0.15, 0.2) is 5.13 Å². The predicted octanol–water partition coefficient (Wildman–Crippen LogP) is 4.45. The summed E-state index contributed by atoms with van der Waals surface area (Å²) in [6.07, 6.45) is 1.26. The first-order valence-corrected chi connectivity index (χ1v) is 10.7. The Hall–Kier alpha value is -2.44. The van der Waals surface area contributed by atoms with E-state index in [4.69, 9.17) is 9.72 Å². The van der Waals surface area contributed by atoms with E-state index < -0.39 is 0 Å². The number of aromatic nitrogens is 1. The van der Waals surface area contributed by atoms with E-state index in [0.29, 0.717) is 13.0 Å². The summed E-state index contributed by atoms with van der Waals surface area (Å²) >= 11 is 1.56. The molecule has 3 aromatic rings. The molecule has 0 aliphatic heterocycles. The number of benzene rings is 2. The van der Waals surface area contributed by atoms with Crippen LogP contribution in [0.4, 0.5) is 5.13 Å². The van der Waals surface area contributed by atoms with Crippen LogP contribution in [-0.4, -0.2) is 50.1 Å². The monoisotopic (exact) mass is 411 g/mol. The standard InChI is InChI=1S/C23H29N3O2S/c1-16-8-6-9-18(14-16)15-20(27)26(13-7-12-25(3)4)23-24-21-19(28-5)11-10-17(2)22(21)29-23/h6,8-11,14H,7,12-13,15H2,1-5H3. The molecular weight excluding hydrogens is 382 g/mol. The van der Waals surface area contributed by atoms with E-state index in [2.05, 4.69) is 17.9 Å². The Morgan fingerprint density at radius 2 is 1.93 bits per heavy atom. The molecule has 1 aromatic heterocycles. The lowest BCUT2D eigenvalue weighted by atomic mass is 10.1. The van der Waals surface area contributed by atoms with Gasteiger partial charge in [-0.25, -0.2) is 4.98 Å². The first kappa shape index (κ1) is 21.3. The largest absolute Gasteiger partial charge is 0.494 e. The van der Waals surface area contributed by atoms with Crippen LogP contribution in [0, 0.1) is 13.8 Å². The smallest absolute Gasteiger partial charge is 0.233 e. The highest BCUT2D eigenvalue weighted by atomic mass is 32.1. The summed E-state index contributed by atoms with van der Waals surface area (Å²) in [5.41, 5.74) is 4.16. The molecular formula is C23H29N3O2S. The van der Waals surface area contributed by atoms with Gasteiger partial charge >= 0.3 is 0 Å². The molecule has 5 nitrogen and oxygen atoms in total. The zero-order chi connectivity index (χ0) is 21.0. The number of ether oxygens (including phenoxy) is 1. The van der Waals surface area contributed by atoms with Crippen LogP contribution in [0.5, 0.6) is 5.75 Å². The van der Waals surface area contributed by atoms with Gasteiger partial charge in [0.25, 0.3) is 0 Å².